The van der Waals surface area contributed by atoms with Gasteiger partial charge in [0.05, 0.1) is 5.52 Å². The highest BCUT2D eigenvalue weighted by atomic mass is 14.9. The number of aromatic nitrogens is 4. The zero-order valence-electron chi connectivity index (χ0n) is 8.41. The fourth-order valence-corrected chi connectivity index (χ4v) is 1.60. The van der Waals surface area contributed by atoms with E-state index in [1.807, 2.05) is 24.3 Å². The van der Waals surface area contributed by atoms with Crippen molar-refractivity contribution in [3.63, 3.8) is 0 Å². The summed E-state index contributed by atoms with van der Waals surface area (Å²) >= 11 is 0. The van der Waals surface area contributed by atoms with Crippen LogP contribution in [0.15, 0.2) is 49.1 Å². The van der Waals surface area contributed by atoms with Gasteiger partial charge in [0.1, 0.15) is 12.0 Å². The maximum Gasteiger partial charge on any atom is 0.178 e. The quantitative estimate of drug-likeness (QED) is 0.614. The molecule has 0 atom stereocenters. The Hall–Kier alpha value is -2.36. The summed E-state index contributed by atoms with van der Waals surface area (Å²) in [6.07, 6.45) is 4.95. The van der Waals surface area contributed by atoms with Crippen LogP contribution in [0, 0.1) is 0 Å². The van der Waals surface area contributed by atoms with Crippen molar-refractivity contribution in [2.45, 2.75) is 0 Å². The average molecular weight is 208 g/mol. The first kappa shape index (κ1) is 8.91. The molecule has 0 aliphatic heterocycles. The third-order valence-corrected chi connectivity index (χ3v) is 2.32. The number of rotatable bonds is 1. The molecule has 3 aromatic rings. The maximum atomic E-state index is 4.24. The Morgan fingerprint density at radius 2 is 1.56 bits per heavy atom. The molecule has 0 N–H and O–H groups in total. The van der Waals surface area contributed by atoms with Gasteiger partial charge in [-0.25, -0.2) is 19.9 Å². The lowest BCUT2D eigenvalue weighted by molar-refractivity contribution is 1.13. The summed E-state index contributed by atoms with van der Waals surface area (Å²) in [6.45, 7) is 0. The van der Waals surface area contributed by atoms with E-state index in [0.29, 0.717) is 5.82 Å². The molecule has 0 amide bonds. The molecule has 2 aromatic heterocycles. The van der Waals surface area contributed by atoms with E-state index < -0.39 is 0 Å². The van der Waals surface area contributed by atoms with E-state index >= 15 is 0 Å². The number of nitrogens with zero attached hydrogens (tertiary/aromatic N) is 4. The van der Waals surface area contributed by atoms with Crippen LogP contribution < -0.4 is 0 Å². The van der Waals surface area contributed by atoms with Crippen LogP contribution in [0.1, 0.15) is 0 Å². The van der Waals surface area contributed by atoms with Crippen molar-refractivity contribution in [1.82, 2.24) is 19.9 Å². The van der Waals surface area contributed by atoms with E-state index in [1.54, 1.807) is 18.5 Å². The van der Waals surface area contributed by atoms with Crippen LogP contribution in [0.5, 0.6) is 0 Å². The third kappa shape index (κ3) is 1.40. The highest BCUT2D eigenvalue weighted by Crippen LogP contribution is 2.21. The molecule has 4 nitrogen and oxygen atoms in total. The minimum Gasteiger partial charge on any atom is -0.236 e. The van der Waals surface area contributed by atoms with Crippen LogP contribution in [0.25, 0.3) is 22.4 Å². The Bertz CT molecular complexity index is 617. The van der Waals surface area contributed by atoms with E-state index in [-0.39, 0.29) is 0 Å². The molecular weight excluding hydrogens is 200 g/mol. The van der Waals surface area contributed by atoms with Crippen LogP contribution in [-0.2, 0) is 0 Å². The number of benzene rings is 1. The maximum absolute atomic E-state index is 4.24. The van der Waals surface area contributed by atoms with Crippen LogP contribution in [0.2, 0.25) is 0 Å². The van der Waals surface area contributed by atoms with Crippen LogP contribution in [0.3, 0.4) is 0 Å². The van der Waals surface area contributed by atoms with E-state index in [9.17, 15) is 0 Å². The van der Waals surface area contributed by atoms with Crippen molar-refractivity contribution in [2.24, 2.45) is 0 Å². The molecule has 76 valence electrons. The van der Waals surface area contributed by atoms with Gasteiger partial charge in [-0.05, 0) is 12.1 Å². The zero-order chi connectivity index (χ0) is 10.8. The number of hydrogen-bond donors (Lipinski definition) is 0. The minimum absolute atomic E-state index is 0.626. The van der Waals surface area contributed by atoms with Gasteiger partial charge in [0.15, 0.2) is 5.82 Å². The molecular formula is C12H8N4. The molecule has 4 heteroatoms. The standard InChI is InChI=1S/C12H8N4/c1-2-5-10-9(4-1)11(16-8-15-10)12-13-6-3-7-14-12/h1-8H. The van der Waals surface area contributed by atoms with E-state index in [4.69, 9.17) is 0 Å². The molecule has 0 bridgehead atoms. The van der Waals surface area contributed by atoms with Crippen LogP contribution >= 0.6 is 0 Å². The Morgan fingerprint density at radius 3 is 2.44 bits per heavy atom. The molecule has 2 heterocycles. The van der Waals surface area contributed by atoms with Crippen molar-refractivity contribution in [2.75, 3.05) is 0 Å². The second-order valence-electron chi connectivity index (χ2n) is 3.31. The average Bonchev–Trinajstić information content (AvgIpc) is 2.39. The zero-order valence-corrected chi connectivity index (χ0v) is 8.41. The van der Waals surface area contributed by atoms with Crippen LogP contribution in [0.4, 0.5) is 0 Å². The lowest BCUT2D eigenvalue weighted by Gasteiger charge is -2.02. The Kier molecular flexibility index (Phi) is 2.04. The minimum atomic E-state index is 0.626. The second kappa shape index (κ2) is 3.66. The first-order chi connectivity index (χ1) is 7.95. The smallest absolute Gasteiger partial charge is 0.178 e. The summed E-state index contributed by atoms with van der Waals surface area (Å²) in [6, 6.07) is 9.61. The van der Waals surface area contributed by atoms with E-state index in [1.165, 1.54) is 6.33 Å². The van der Waals surface area contributed by atoms with Gasteiger partial charge in [0.25, 0.3) is 0 Å². The fourth-order valence-electron chi connectivity index (χ4n) is 1.60. The van der Waals surface area contributed by atoms with Gasteiger partial charge in [0, 0.05) is 17.8 Å². The SMILES string of the molecule is c1cnc(-c2ncnc3ccccc23)nc1. The molecule has 1 aromatic carbocycles. The van der Waals surface area contributed by atoms with Gasteiger partial charge in [-0.15, -0.1) is 0 Å². The van der Waals surface area contributed by atoms with Gasteiger partial charge in [-0.1, -0.05) is 18.2 Å². The fraction of sp³-hybridized carbons (Fsp3) is 0. The van der Waals surface area contributed by atoms with Gasteiger partial charge in [-0.2, -0.15) is 0 Å². The summed E-state index contributed by atoms with van der Waals surface area (Å²) in [4.78, 5) is 16.8. The molecule has 0 fully saturated rings. The summed E-state index contributed by atoms with van der Waals surface area (Å²) in [5.74, 6) is 0.626. The molecule has 16 heavy (non-hydrogen) atoms. The van der Waals surface area contributed by atoms with Crippen molar-refractivity contribution in [3.8, 4) is 11.5 Å². The molecule has 0 radical (unpaired) electrons. The van der Waals surface area contributed by atoms with Gasteiger partial charge < -0.3 is 0 Å². The summed E-state index contributed by atoms with van der Waals surface area (Å²) in [7, 11) is 0. The lowest BCUT2D eigenvalue weighted by Crippen LogP contribution is -1.92. The molecule has 0 saturated carbocycles. The summed E-state index contributed by atoms with van der Waals surface area (Å²) in [5.41, 5.74) is 1.67. The Morgan fingerprint density at radius 1 is 0.750 bits per heavy atom. The largest absolute Gasteiger partial charge is 0.236 e. The molecule has 0 aliphatic carbocycles. The van der Waals surface area contributed by atoms with Gasteiger partial charge in [0.2, 0.25) is 0 Å². The van der Waals surface area contributed by atoms with E-state index in [2.05, 4.69) is 19.9 Å². The highest BCUT2D eigenvalue weighted by Gasteiger charge is 2.06. The summed E-state index contributed by atoms with van der Waals surface area (Å²) < 4.78 is 0. The van der Waals surface area contributed by atoms with Crippen molar-refractivity contribution in [1.29, 1.82) is 0 Å². The Labute approximate surface area is 92.0 Å². The predicted octanol–water partition coefficient (Wildman–Crippen LogP) is 2.09. The second-order valence-corrected chi connectivity index (χ2v) is 3.31. The van der Waals surface area contributed by atoms with Crippen molar-refractivity contribution in [3.05, 3.63) is 49.1 Å². The molecule has 0 aliphatic rings. The predicted molar refractivity (Wildman–Crippen MR) is 60.6 cm³/mol. The van der Waals surface area contributed by atoms with E-state index in [0.717, 1.165) is 16.6 Å². The number of hydrogen-bond acceptors (Lipinski definition) is 4. The topological polar surface area (TPSA) is 51.6 Å². The molecule has 0 unspecified atom stereocenters. The van der Waals surface area contributed by atoms with Crippen molar-refractivity contribution < 1.29 is 0 Å². The van der Waals surface area contributed by atoms with Crippen molar-refractivity contribution >= 4 is 10.9 Å². The first-order valence-corrected chi connectivity index (χ1v) is 4.92. The van der Waals surface area contributed by atoms with Gasteiger partial charge in [-0.3, -0.25) is 0 Å². The first-order valence-electron chi connectivity index (χ1n) is 4.92. The molecule has 0 spiro atoms. The highest BCUT2D eigenvalue weighted by molar-refractivity contribution is 5.89. The molecule has 3 rings (SSSR count). The normalized spacial score (nSPS) is 10.5. The Balaban J connectivity index is 2.32. The lowest BCUT2D eigenvalue weighted by atomic mass is 10.2. The molecule has 0 saturated heterocycles. The number of fused-ring (bicyclic) bond motifs is 1. The summed E-state index contributed by atoms with van der Waals surface area (Å²) in [5, 5.41) is 0.969. The monoisotopic (exact) mass is 208 g/mol. The van der Waals surface area contributed by atoms with Gasteiger partial charge >= 0.3 is 0 Å². The van der Waals surface area contributed by atoms with Crippen LogP contribution in [-0.4, -0.2) is 19.9 Å². The third-order valence-electron chi connectivity index (χ3n) is 2.32. The number of para-hydroxylation sites is 1.